The van der Waals surface area contributed by atoms with Crippen molar-refractivity contribution in [2.45, 2.75) is 39.5 Å². The fraction of sp³-hybridized carbons (Fsp3) is 0.471. The SMILES string of the molecule is CC1(C)CCCCC1C(=O)ON1C(=O)c2ccccc2C1=O. The molecule has 1 atom stereocenters. The molecule has 2 amide bonds. The van der Waals surface area contributed by atoms with E-state index in [-0.39, 0.29) is 22.5 Å². The number of carbonyl (C=O) groups excluding carboxylic acids is 3. The van der Waals surface area contributed by atoms with Crippen LogP contribution >= 0.6 is 0 Å². The van der Waals surface area contributed by atoms with Crippen LogP contribution in [-0.2, 0) is 9.63 Å². The molecule has 1 saturated carbocycles. The van der Waals surface area contributed by atoms with E-state index in [4.69, 9.17) is 4.84 Å². The Morgan fingerprint density at radius 1 is 1.14 bits per heavy atom. The van der Waals surface area contributed by atoms with E-state index in [1.807, 2.05) is 13.8 Å². The zero-order chi connectivity index (χ0) is 15.9. The molecule has 1 aromatic rings. The van der Waals surface area contributed by atoms with Crippen molar-refractivity contribution in [1.82, 2.24) is 5.06 Å². The van der Waals surface area contributed by atoms with Crippen LogP contribution in [0.1, 0.15) is 60.2 Å². The molecule has 0 N–H and O–H groups in total. The smallest absolute Gasteiger partial charge is 0.329 e. The Labute approximate surface area is 129 Å². The zero-order valence-electron chi connectivity index (χ0n) is 12.8. The number of fused-ring (bicyclic) bond motifs is 1. The molecule has 0 spiro atoms. The summed E-state index contributed by atoms with van der Waals surface area (Å²) in [5, 5.41) is 0.609. The summed E-state index contributed by atoms with van der Waals surface area (Å²) in [5.74, 6) is -1.91. The molecule has 0 saturated heterocycles. The topological polar surface area (TPSA) is 63.7 Å². The van der Waals surface area contributed by atoms with Crippen molar-refractivity contribution in [1.29, 1.82) is 0 Å². The zero-order valence-corrected chi connectivity index (χ0v) is 12.8. The molecule has 0 radical (unpaired) electrons. The van der Waals surface area contributed by atoms with Gasteiger partial charge in [-0.3, -0.25) is 9.59 Å². The van der Waals surface area contributed by atoms with Gasteiger partial charge in [-0.25, -0.2) is 4.79 Å². The molecule has 1 aromatic carbocycles. The third-order valence-corrected chi connectivity index (χ3v) is 4.73. The highest BCUT2D eigenvalue weighted by Gasteiger charge is 2.43. The van der Waals surface area contributed by atoms with E-state index in [2.05, 4.69) is 0 Å². The highest BCUT2D eigenvalue weighted by atomic mass is 16.7. The first kappa shape index (κ1) is 14.8. The molecule has 1 fully saturated rings. The van der Waals surface area contributed by atoms with Gasteiger partial charge in [-0.2, -0.15) is 0 Å². The number of hydrogen-bond donors (Lipinski definition) is 0. The fourth-order valence-corrected chi connectivity index (χ4v) is 3.33. The maximum absolute atomic E-state index is 12.4. The summed E-state index contributed by atoms with van der Waals surface area (Å²) in [5.41, 5.74) is 0.389. The van der Waals surface area contributed by atoms with Crippen molar-refractivity contribution in [3.8, 4) is 0 Å². The Bertz CT molecular complexity index is 615. The molecule has 2 aliphatic rings. The Morgan fingerprint density at radius 2 is 1.73 bits per heavy atom. The van der Waals surface area contributed by atoms with Crippen LogP contribution in [0.2, 0.25) is 0 Å². The number of benzene rings is 1. The molecule has 1 aliphatic carbocycles. The first-order valence-electron chi connectivity index (χ1n) is 7.61. The number of rotatable bonds is 2. The first-order chi connectivity index (χ1) is 10.4. The van der Waals surface area contributed by atoms with Crippen molar-refractivity contribution >= 4 is 17.8 Å². The number of imide groups is 1. The van der Waals surface area contributed by atoms with Crippen molar-refractivity contribution in [2.24, 2.45) is 11.3 Å². The van der Waals surface area contributed by atoms with Gasteiger partial charge in [-0.15, -0.1) is 0 Å². The van der Waals surface area contributed by atoms with Crippen LogP contribution in [0.15, 0.2) is 24.3 Å². The quantitative estimate of drug-likeness (QED) is 0.788. The predicted octanol–water partition coefficient (Wildman–Crippen LogP) is 2.96. The number of carbonyl (C=O) groups is 3. The van der Waals surface area contributed by atoms with Crippen LogP contribution in [0.4, 0.5) is 0 Å². The van der Waals surface area contributed by atoms with E-state index >= 15 is 0 Å². The third kappa shape index (κ3) is 2.30. The minimum Gasteiger partial charge on any atom is -0.329 e. The van der Waals surface area contributed by atoms with Crippen LogP contribution in [0.25, 0.3) is 0 Å². The second-order valence-corrected chi connectivity index (χ2v) is 6.65. The average molecular weight is 301 g/mol. The van der Waals surface area contributed by atoms with E-state index in [9.17, 15) is 14.4 Å². The minimum atomic E-state index is -0.567. The monoisotopic (exact) mass is 301 g/mol. The lowest BCUT2D eigenvalue weighted by Gasteiger charge is -2.36. The van der Waals surface area contributed by atoms with Gasteiger partial charge in [0.25, 0.3) is 11.8 Å². The summed E-state index contributed by atoms with van der Waals surface area (Å²) in [4.78, 5) is 42.1. The summed E-state index contributed by atoms with van der Waals surface area (Å²) >= 11 is 0. The largest absolute Gasteiger partial charge is 0.336 e. The molecule has 3 rings (SSSR count). The minimum absolute atomic E-state index is 0.173. The second kappa shape index (κ2) is 5.23. The molecular weight excluding hydrogens is 282 g/mol. The van der Waals surface area contributed by atoms with Crippen LogP contribution in [-0.4, -0.2) is 22.8 Å². The van der Waals surface area contributed by atoms with Crippen molar-refractivity contribution in [3.05, 3.63) is 35.4 Å². The van der Waals surface area contributed by atoms with Gasteiger partial charge in [0, 0.05) is 0 Å². The molecule has 116 valence electrons. The van der Waals surface area contributed by atoms with Gasteiger partial charge in [0.2, 0.25) is 0 Å². The lowest BCUT2D eigenvalue weighted by molar-refractivity contribution is -0.179. The Hall–Kier alpha value is -2.17. The summed E-state index contributed by atoms with van der Waals surface area (Å²) in [7, 11) is 0. The molecule has 1 unspecified atom stereocenters. The number of hydrogen-bond acceptors (Lipinski definition) is 4. The van der Waals surface area contributed by atoms with E-state index < -0.39 is 17.8 Å². The molecular formula is C17H19NO4. The van der Waals surface area contributed by atoms with Crippen LogP contribution in [0.3, 0.4) is 0 Å². The van der Waals surface area contributed by atoms with Gasteiger partial charge in [-0.1, -0.05) is 43.9 Å². The standard InChI is InChI=1S/C17H19NO4/c1-17(2)10-6-5-9-13(17)16(21)22-18-14(19)11-7-3-4-8-12(11)15(18)20/h3-4,7-8,13H,5-6,9-10H2,1-2H3. The van der Waals surface area contributed by atoms with Gasteiger partial charge in [0.1, 0.15) is 0 Å². The normalized spacial score (nSPS) is 23.4. The van der Waals surface area contributed by atoms with Crippen LogP contribution < -0.4 is 0 Å². The third-order valence-electron chi connectivity index (χ3n) is 4.73. The highest BCUT2D eigenvalue weighted by Crippen LogP contribution is 2.41. The van der Waals surface area contributed by atoms with Crippen LogP contribution in [0, 0.1) is 11.3 Å². The molecule has 1 heterocycles. The Balaban J connectivity index is 1.78. The highest BCUT2D eigenvalue weighted by molar-refractivity contribution is 6.20. The summed E-state index contributed by atoms with van der Waals surface area (Å²) in [6, 6.07) is 6.49. The van der Waals surface area contributed by atoms with E-state index in [0.717, 1.165) is 25.7 Å². The van der Waals surface area contributed by atoms with E-state index in [0.29, 0.717) is 5.06 Å². The predicted molar refractivity (Wildman–Crippen MR) is 78.8 cm³/mol. The van der Waals surface area contributed by atoms with Gasteiger partial charge >= 0.3 is 5.97 Å². The molecule has 5 nitrogen and oxygen atoms in total. The van der Waals surface area contributed by atoms with Gasteiger partial charge in [0.05, 0.1) is 17.0 Å². The lowest BCUT2D eigenvalue weighted by Crippen LogP contribution is -2.40. The van der Waals surface area contributed by atoms with E-state index in [1.54, 1.807) is 24.3 Å². The summed E-state index contributed by atoms with van der Waals surface area (Å²) in [6.45, 7) is 4.06. The number of hydroxylamine groups is 2. The second-order valence-electron chi connectivity index (χ2n) is 6.65. The van der Waals surface area contributed by atoms with Crippen molar-refractivity contribution < 1.29 is 19.2 Å². The molecule has 0 bridgehead atoms. The van der Waals surface area contributed by atoms with E-state index in [1.165, 1.54) is 0 Å². The Morgan fingerprint density at radius 3 is 2.27 bits per heavy atom. The number of nitrogens with zero attached hydrogens (tertiary/aromatic N) is 1. The number of amides is 2. The fourth-order valence-electron chi connectivity index (χ4n) is 3.33. The molecule has 0 aromatic heterocycles. The molecule has 1 aliphatic heterocycles. The maximum Gasteiger partial charge on any atom is 0.336 e. The molecule has 22 heavy (non-hydrogen) atoms. The van der Waals surface area contributed by atoms with Gasteiger partial charge < -0.3 is 4.84 Å². The van der Waals surface area contributed by atoms with Gasteiger partial charge in [-0.05, 0) is 30.4 Å². The van der Waals surface area contributed by atoms with Crippen LogP contribution in [0.5, 0.6) is 0 Å². The maximum atomic E-state index is 12.4. The van der Waals surface area contributed by atoms with Crippen molar-refractivity contribution in [3.63, 3.8) is 0 Å². The average Bonchev–Trinajstić information content (AvgIpc) is 2.72. The summed E-state index contributed by atoms with van der Waals surface area (Å²) in [6.07, 6.45) is 3.72. The molecule has 5 heteroatoms. The van der Waals surface area contributed by atoms with Gasteiger partial charge in [0.15, 0.2) is 0 Å². The first-order valence-corrected chi connectivity index (χ1v) is 7.61. The Kier molecular flexibility index (Phi) is 3.51. The summed E-state index contributed by atoms with van der Waals surface area (Å²) < 4.78 is 0. The lowest BCUT2D eigenvalue weighted by atomic mass is 9.69. The van der Waals surface area contributed by atoms with Crippen molar-refractivity contribution in [2.75, 3.05) is 0 Å².